The van der Waals surface area contributed by atoms with E-state index >= 15 is 0 Å². The molecule has 0 aliphatic rings. The molecule has 1 aromatic heterocycles. The molecule has 0 unspecified atom stereocenters. The van der Waals surface area contributed by atoms with Gasteiger partial charge in [0.2, 0.25) is 0 Å². The van der Waals surface area contributed by atoms with Gasteiger partial charge in [-0.2, -0.15) is 10.2 Å². The van der Waals surface area contributed by atoms with E-state index in [9.17, 15) is 8.78 Å². The molecule has 0 amide bonds. The zero-order valence-corrected chi connectivity index (χ0v) is 13.6. The van der Waals surface area contributed by atoms with Crippen molar-refractivity contribution in [2.45, 2.75) is 0 Å². The summed E-state index contributed by atoms with van der Waals surface area (Å²) in [6.07, 6.45) is 2.74. The Balaban J connectivity index is 1.61. The smallest absolute Gasteiger partial charge is 0.148 e. The van der Waals surface area contributed by atoms with Gasteiger partial charge >= 0.3 is 0 Å². The second-order valence-electron chi connectivity index (χ2n) is 5.19. The molecule has 0 aliphatic carbocycles. The molecule has 3 aromatic rings. The third-order valence-electron chi connectivity index (χ3n) is 3.33. The predicted molar refractivity (Wildman–Crippen MR) is 99.5 cm³/mol. The number of hydrazone groups is 2. The van der Waals surface area contributed by atoms with E-state index in [0.717, 1.165) is 0 Å². The van der Waals surface area contributed by atoms with Gasteiger partial charge in [0.1, 0.15) is 23.3 Å². The Morgan fingerprint density at radius 1 is 0.654 bits per heavy atom. The molecular formula is C19H15F2N5. The lowest BCUT2D eigenvalue weighted by Crippen LogP contribution is -1.98. The van der Waals surface area contributed by atoms with E-state index in [0.29, 0.717) is 22.8 Å². The summed E-state index contributed by atoms with van der Waals surface area (Å²) >= 11 is 0. The molecule has 5 nitrogen and oxygen atoms in total. The minimum Gasteiger partial charge on any atom is -0.261 e. The first-order chi connectivity index (χ1) is 12.7. The van der Waals surface area contributed by atoms with Gasteiger partial charge in [0.15, 0.2) is 0 Å². The molecular weight excluding hydrogens is 336 g/mol. The molecule has 0 spiro atoms. The van der Waals surface area contributed by atoms with Crippen LogP contribution in [0.5, 0.6) is 0 Å². The molecule has 3 rings (SSSR count). The van der Waals surface area contributed by atoms with Crippen molar-refractivity contribution < 1.29 is 8.78 Å². The van der Waals surface area contributed by atoms with Crippen LogP contribution in [0.1, 0.15) is 11.1 Å². The average Bonchev–Trinajstić information content (AvgIpc) is 2.65. The third kappa shape index (κ3) is 4.70. The molecule has 26 heavy (non-hydrogen) atoms. The number of nitrogens with one attached hydrogen (secondary N) is 2. The van der Waals surface area contributed by atoms with E-state index in [-0.39, 0.29) is 11.6 Å². The Morgan fingerprint density at radius 3 is 1.58 bits per heavy atom. The van der Waals surface area contributed by atoms with Crippen molar-refractivity contribution in [1.82, 2.24) is 4.98 Å². The molecule has 0 aliphatic heterocycles. The van der Waals surface area contributed by atoms with Crippen LogP contribution in [0.25, 0.3) is 0 Å². The molecule has 0 fully saturated rings. The van der Waals surface area contributed by atoms with Crippen molar-refractivity contribution in [3.63, 3.8) is 0 Å². The molecule has 0 atom stereocenters. The third-order valence-corrected chi connectivity index (χ3v) is 3.33. The zero-order chi connectivity index (χ0) is 18.2. The monoisotopic (exact) mass is 351 g/mol. The van der Waals surface area contributed by atoms with Gasteiger partial charge in [0.05, 0.1) is 12.4 Å². The first kappa shape index (κ1) is 17.2. The average molecular weight is 351 g/mol. The lowest BCUT2D eigenvalue weighted by molar-refractivity contribution is 0.625. The second kappa shape index (κ2) is 8.48. The fraction of sp³-hybridized carbons (Fsp3) is 0. The highest BCUT2D eigenvalue weighted by atomic mass is 19.1. The van der Waals surface area contributed by atoms with E-state index < -0.39 is 0 Å². The van der Waals surface area contributed by atoms with Crippen molar-refractivity contribution in [2.75, 3.05) is 10.9 Å². The Hall–Kier alpha value is -3.61. The molecule has 1 heterocycles. The highest BCUT2D eigenvalue weighted by molar-refractivity contribution is 5.81. The summed E-state index contributed by atoms with van der Waals surface area (Å²) in [5.41, 5.74) is 6.16. The van der Waals surface area contributed by atoms with E-state index in [4.69, 9.17) is 0 Å². The topological polar surface area (TPSA) is 61.7 Å². The quantitative estimate of drug-likeness (QED) is 0.515. The van der Waals surface area contributed by atoms with Crippen LogP contribution in [0.3, 0.4) is 0 Å². The van der Waals surface area contributed by atoms with Crippen LogP contribution in [0.4, 0.5) is 20.4 Å². The van der Waals surface area contributed by atoms with Crippen molar-refractivity contribution in [3.05, 3.63) is 89.5 Å². The van der Waals surface area contributed by atoms with Crippen molar-refractivity contribution in [3.8, 4) is 0 Å². The lowest BCUT2D eigenvalue weighted by Gasteiger charge is -2.03. The summed E-state index contributed by atoms with van der Waals surface area (Å²) in [4.78, 5) is 4.24. The number of aromatic nitrogens is 1. The van der Waals surface area contributed by atoms with E-state index in [1.165, 1.54) is 24.6 Å². The second-order valence-corrected chi connectivity index (χ2v) is 5.19. The minimum absolute atomic E-state index is 0.357. The fourth-order valence-corrected chi connectivity index (χ4v) is 2.05. The van der Waals surface area contributed by atoms with Crippen molar-refractivity contribution in [2.24, 2.45) is 10.2 Å². The largest absolute Gasteiger partial charge is 0.261 e. The molecule has 7 heteroatoms. The fourth-order valence-electron chi connectivity index (χ4n) is 2.05. The summed E-state index contributed by atoms with van der Waals surface area (Å²) in [7, 11) is 0. The van der Waals surface area contributed by atoms with Gasteiger partial charge in [-0.3, -0.25) is 10.9 Å². The Labute approximate surface area is 149 Å². The lowest BCUT2D eigenvalue weighted by atomic mass is 10.2. The first-order valence-corrected chi connectivity index (χ1v) is 7.76. The van der Waals surface area contributed by atoms with Gasteiger partial charge in [-0.1, -0.05) is 42.5 Å². The molecule has 0 saturated heterocycles. The maximum absolute atomic E-state index is 13.5. The standard InChI is InChI=1S/C19H15F2N5/c20-16-8-3-1-6-14(16)12-22-25-18-10-5-11-19(24-18)26-23-13-15-7-2-4-9-17(15)21/h1-13H,(H2,24,25,26)/b22-12-,23-13-. The Morgan fingerprint density at radius 2 is 1.12 bits per heavy atom. The zero-order valence-electron chi connectivity index (χ0n) is 13.6. The van der Waals surface area contributed by atoms with Gasteiger partial charge < -0.3 is 0 Å². The SMILES string of the molecule is Fc1ccccc1/C=N\Nc1cccc(N/N=C\c2ccccc2F)n1. The summed E-state index contributed by atoms with van der Waals surface area (Å²) in [5.74, 6) is 0.181. The van der Waals surface area contributed by atoms with Crippen LogP contribution in [-0.2, 0) is 0 Å². The number of halogens is 2. The van der Waals surface area contributed by atoms with E-state index in [2.05, 4.69) is 26.0 Å². The van der Waals surface area contributed by atoms with E-state index in [1.54, 1.807) is 54.6 Å². The van der Waals surface area contributed by atoms with Gasteiger partial charge in [0, 0.05) is 11.1 Å². The predicted octanol–water partition coefficient (Wildman–Crippen LogP) is 4.25. The Kier molecular flexibility index (Phi) is 5.61. The van der Waals surface area contributed by atoms with Gasteiger partial charge in [-0.25, -0.2) is 13.8 Å². The number of hydrogen-bond donors (Lipinski definition) is 2. The maximum atomic E-state index is 13.5. The number of pyridine rings is 1. The number of hydrogen-bond acceptors (Lipinski definition) is 5. The van der Waals surface area contributed by atoms with Crippen LogP contribution in [0.2, 0.25) is 0 Å². The number of nitrogens with zero attached hydrogens (tertiary/aromatic N) is 3. The van der Waals surface area contributed by atoms with Crippen LogP contribution in [0, 0.1) is 11.6 Å². The number of anilines is 2. The van der Waals surface area contributed by atoms with Crippen LogP contribution in [0.15, 0.2) is 76.9 Å². The highest BCUT2D eigenvalue weighted by Crippen LogP contribution is 2.10. The number of rotatable bonds is 6. The molecule has 0 bridgehead atoms. The Bertz CT molecular complexity index is 868. The number of benzene rings is 2. The first-order valence-electron chi connectivity index (χ1n) is 7.76. The molecule has 2 aromatic carbocycles. The summed E-state index contributed by atoms with van der Waals surface area (Å²) < 4.78 is 27.0. The van der Waals surface area contributed by atoms with Crippen molar-refractivity contribution >= 4 is 24.1 Å². The maximum Gasteiger partial charge on any atom is 0.148 e. The molecule has 130 valence electrons. The highest BCUT2D eigenvalue weighted by Gasteiger charge is 1.98. The normalized spacial score (nSPS) is 11.2. The van der Waals surface area contributed by atoms with Crippen LogP contribution >= 0.6 is 0 Å². The van der Waals surface area contributed by atoms with Gasteiger partial charge in [-0.15, -0.1) is 0 Å². The minimum atomic E-state index is -0.357. The van der Waals surface area contributed by atoms with E-state index in [1.807, 2.05) is 0 Å². The van der Waals surface area contributed by atoms with Crippen LogP contribution in [-0.4, -0.2) is 17.4 Å². The van der Waals surface area contributed by atoms with Crippen molar-refractivity contribution in [1.29, 1.82) is 0 Å². The molecule has 0 saturated carbocycles. The van der Waals surface area contributed by atoms with Crippen LogP contribution < -0.4 is 10.9 Å². The molecule has 0 radical (unpaired) electrons. The summed E-state index contributed by atoms with van der Waals surface area (Å²) in [6.45, 7) is 0. The van der Waals surface area contributed by atoms with Gasteiger partial charge in [-0.05, 0) is 24.3 Å². The summed E-state index contributed by atoms with van der Waals surface area (Å²) in [6, 6.07) is 17.8. The van der Waals surface area contributed by atoms with Gasteiger partial charge in [0.25, 0.3) is 0 Å². The summed E-state index contributed by atoms with van der Waals surface area (Å²) in [5, 5.41) is 7.92. The molecule has 2 N–H and O–H groups in total.